The molecule has 0 bridgehead atoms. The van der Waals surface area contributed by atoms with Crippen LogP contribution in [0.15, 0.2) is 16.9 Å². The number of aromatic nitrogens is 2. The molecule has 0 unspecified atom stereocenters. The highest BCUT2D eigenvalue weighted by Crippen LogP contribution is 2.26. The normalized spacial score (nSPS) is 11.7. The summed E-state index contributed by atoms with van der Waals surface area (Å²) in [6.45, 7) is 10.9. The minimum atomic E-state index is -0.694. The van der Waals surface area contributed by atoms with Crippen LogP contribution >= 0.6 is 0 Å². The Labute approximate surface area is 158 Å². The van der Waals surface area contributed by atoms with Crippen LogP contribution in [0.4, 0.5) is 10.5 Å². The zero-order valence-corrected chi connectivity index (χ0v) is 16.9. The quantitative estimate of drug-likeness (QED) is 0.824. The number of esters is 1. The molecule has 148 valence electrons. The molecular weight excluding hydrogens is 350 g/mol. The number of carbonyl (C=O) groups excluding carboxylic acids is 2. The van der Waals surface area contributed by atoms with Crippen LogP contribution in [-0.2, 0) is 16.5 Å². The van der Waals surface area contributed by atoms with Gasteiger partial charge in [-0.25, -0.2) is 14.4 Å². The molecular formula is C19H27N3O5. The van der Waals surface area contributed by atoms with Gasteiger partial charge in [0.05, 0.1) is 28.9 Å². The first-order valence-electron chi connectivity index (χ1n) is 8.88. The highest BCUT2D eigenvalue weighted by molar-refractivity contribution is 6.03. The molecule has 0 atom stereocenters. The van der Waals surface area contributed by atoms with E-state index in [4.69, 9.17) is 9.47 Å². The Morgan fingerprint density at radius 2 is 1.81 bits per heavy atom. The molecule has 1 aromatic carbocycles. The number of hydrogen-bond donors (Lipinski definition) is 1. The van der Waals surface area contributed by atoms with Crippen molar-refractivity contribution in [3.63, 3.8) is 0 Å². The van der Waals surface area contributed by atoms with Crippen molar-refractivity contribution in [2.45, 2.75) is 53.2 Å². The molecule has 0 saturated heterocycles. The Balaban J connectivity index is 2.65. The minimum Gasteiger partial charge on any atom is -0.462 e. The topological polar surface area (TPSA) is 91.6 Å². The zero-order chi connectivity index (χ0) is 20.5. The summed E-state index contributed by atoms with van der Waals surface area (Å²) in [7, 11) is 1.64. The van der Waals surface area contributed by atoms with Gasteiger partial charge in [0.15, 0.2) is 0 Å². The van der Waals surface area contributed by atoms with Gasteiger partial charge in [0.2, 0.25) is 0 Å². The smallest absolute Gasteiger partial charge is 0.412 e. The predicted octanol–water partition coefficient (Wildman–Crippen LogP) is 3.44. The molecule has 27 heavy (non-hydrogen) atoms. The second-order valence-electron chi connectivity index (χ2n) is 7.54. The van der Waals surface area contributed by atoms with Gasteiger partial charge in [-0.1, -0.05) is 0 Å². The summed E-state index contributed by atoms with van der Waals surface area (Å²) in [6, 6.07) is 3.06. The van der Waals surface area contributed by atoms with Crippen LogP contribution in [0.25, 0.3) is 11.0 Å². The van der Waals surface area contributed by atoms with Crippen molar-refractivity contribution in [3.8, 4) is 0 Å². The lowest BCUT2D eigenvalue weighted by Gasteiger charge is -2.20. The Morgan fingerprint density at radius 3 is 2.33 bits per heavy atom. The van der Waals surface area contributed by atoms with Gasteiger partial charge < -0.3 is 9.47 Å². The maximum atomic E-state index is 12.6. The molecule has 1 N–H and O–H groups in total. The number of hydrogen-bond acceptors (Lipinski definition) is 5. The van der Waals surface area contributed by atoms with E-state index in [2.05, 4.69) is 5.32 Å². The fourth-order valence-corrected chi connectivity index (χ4v) is 2.80. The average Bonchev–Trinajstić information content (AvgIpc) is 2.76. The molecule has 0 radical (unpaired) electrons. The molecule has 0 aliphatic heterocycles. The summed E-state index contributed by atoms with van der Waals surface area (Å²) in [6.07, 6.45) is -0.694. The number of aryl methyl sites for hydroxylation is 1. The SMILES string of the molecule is CCOC(=O)c1cc2c(cc1NC(=O)OC(C)(C)C)n(C)c(=O)n2C(C)C. The molecule has 8 heteroatoms. The standard InChI is InChI=1S/C19H27N3O5/c1-8-26-16(23)12-9-15-14(21(7)18(25)22(15)11(2)3)10-13(12)20-17(24)27-19(4,5)6/h9-11H,8H2,1-7H3,(H,20,24). The zero-order valence-electron chi connectivity index (χ0n) is 16.9. The maximum Gasteiger partial charge on any atom is 0.412 e. The van der Waals surface area contributed by atoms with Crippen molar-refractivity contribution in [2.24, 2.45) is 7.05 Å². The lowest BCUT2D eigenvalue weighted by molar-refractivity contribution is 0.0527. The Hall–Kier alpha value is -2.77. The second kappa shape index (κ2) is 7.46. The molecule has 0 spiro atoms. The first-order valence-corrected chi connectivity index (χ1v) is 8.88. The third kappa shape index (κ3) is 4.32. The lowest BCUT2D eigenvalue weighted by atomic mass is 10.1. The van der Waals surface area contributed by atoms with Crippen LogP contribution in [0.2, 0.25) is 0 Å². The van der Waals surface area contributed by atoms with Crippen LogP contribution in [0.5, 0.6) is 0 Å². The lowest BCUT2D eigenvalue weighted by Crippen LogP contribution is -2.28. The number of carbonyl (C=O) groups is 2. The Kier molecular flexibility index (Phi) is 5.67. The van der Waals surface area contributed by atoms with E-state index in [1.807, 2.05) is 13.8 Å². The van der Waals surface area contributed by atoms with Gasteiger partial charge in [0.25, 0.3) is 0 Å². The summed E-state index contributed by atoms with van der Waals surface area (Å²) in [5.41, 5.74) is 0.681. The van der Waals surface area contributed by atoms with Crippen LogP contribution in [0.1, 0.15) is 57.9 Å². The van der Waals surface area contributed by atoms with E-state index in [1.165, 1.54) is 4.57 Å². The number of fused-ring (bicyclic) bond motifs is 1. The van der Waals surface area contributed by atoms with E-state index in [1.54, 1.807) is 51.4 Å². The summed E-state index contributed by atoms with van der Waals surface area (Å²) >= 11 is 0. The molecule has 0 fully saturated rings. The van der Waals surface area contributed by atoms with Gasteiger partial charge >= 0.3 is 17.8 Å². The van der Waals surface area contributed by atoms with E-state index < -0.39 is 17.7 Å². The Morgan fingerprint density at radius 1 is 1.19 bits per heavy atom. The van der Waals surface area contributed by atoms with Gasteiger partial charge in [-0.2, -0.15) is 0 Å². The Bertz CT molecular complexity index is 931. The molecule has 0 saturated carbocycles. The summed E-state index contributed by atoms with van der Waals surface area (Å²) < 4.78 is 13.5. The summed E-state index contributed by atoms with van der Waals surface area (Å²) in [5.74, 6) is -0.586. The van der Waals surface area contributed by atoms with Crippen LogP contribution in [0, 0.1) is 0 Å². The number of amides is 1. The second-order valence-corrected chi connectivity index (χ2v) is 7.54. The maximum absolute atomic E-state index is 12.6. The van der Waals surface area contributed by atoms with Gasteiger partial charge in [-0.15, -0.1) is 0 Å². The van der Waals surface area contributed by atoms with Crippen LogP contribution in [-0.4, -0.2) is 33.4 Å². The molecule has 1 amide bonds. The van der Waals surface area contributed by atoms with Crippen molar-refractivity contribution < 1.29 is 19.1 Å². The van der Waals surface area contributed by atoms with Crippen molar-refractivity contribution in [3.05, 3.63) is 28.2 Å². The van der Waals surface area contributed by atoms with Crippen molar-refractivity contribution in [1.82, 2.24) is 9.13 Å². The van der Waals surface area contributed by atoms with E-state index in [9.17, 15) is 14.4 Å². The summed E-state index contributed by atoms with van der Waals surface area (Å²) in [5, 5.41) is 2.60. The molecule has 1 aromatic heterocycles. The first kappa shape index (κ1) is 20.5. The predicted molar refractivity (Wildman–Crippen MR) is 103 cm³/mol. The molecule has 0 aliphatic rings. The van der Waals surface area contributed by atoms with Gasteiger partial charge in [-0.05, 0) is 53.7 Å². The number of imidazole rings is 1. The molecule has 8 nitrogen and oxygen atoms in total. The number of benzene rings is 1. The van der Waals surface area contributed by atoms with Gasteiger partial charge in [0, 0.05) is 13.1 Å². The minimum absolute atomic E-state index is 0.0964. The van der Waals surface area contributed by atoms with Gasteiger partial charge in [0.1, 0.15) is 5.60 Å². The summed E-state index contributed by atoms with van der Waals surface area (Å²) in [4.78, 5) is 37.2. The monoisotopic (exact) mass is 377 g/mol. The van der Waals surface area contributed by atoms with Crippen LogP contribution < -0.4 is 11.0 Å². The van der Waals surface area contributed by atoms with Crippen molar-refractivity contribution in [1.29, 1.82) is 0 Å². The number of nitrogens with zero attached hydrogens (tertiary/aromatic N) is 2. The van der Waals surface area contributed by atoms with Crippen molar-refractivity contribution >= 4 is 28.8 Å². The molecule has 1 heterocycles. The number of rotatable bonds is 4. The highest BCUT2D eigenvalue weighted by Gasteiger charge is 2.23. The van der Waals surface area contributed by atoms with E-state index in [0.717, 1.165) is 0 Å². The highest BCUT2D eigenvalue weighted by atomic mass is 16.6. The third-order valence-corrected chi connectivity index (χ3v) is 3.88. The fraction of sp³-hybridized carbons (Fsp3) is 0.526. The van der Waals surface area contributed by atoms with E-state index in [0.29, 0.717) is 11.0 Å². The first-order chi connectivity index (χ1) is 12.5. The molecule has 2 aromatic rings. The van der Waals surface area contributed by atoms with E-state index >= 15 is 0 Å². The fourth-order valence-electron chi connectivity index (χ4n) is 2.80. The molecule has 2 rings (SSSR count). The average molecular weight is 377 g/mol. The number of anilines is 1. The van der Waals surface area contributed by atoms with Crippen molar-refractivity contribution in [2.75, 3.05) is 11.9 Å². The number of ether oxygens (including phenoxy) is 2. The third-order valence-electron chi connectivity index (χ3n) is 3.88. The van der Waals surface area contributed by atoms with E-state index in [-0.39, 0.29) is 29.6 Å². The number of nitrogens with one attached hydrogen (secondary N) is 1. The molecule has 0 aliphatic carbocycles. The van der Waals surface area contributed by atoms with Gasteiger partial charge in [-0.3, -0.25) is 14.5 Å². The van der Waals surface area contributed by atoms with Crippen LogP contribution in [0.3, 0.4) is 0 Å². The largest absolute Gasteiger partial charge is 0.462 e.